The van der Waals surface area contributed by atoms with Crippen LogP contribution >= 0.6 is 11.6 Å². The second-order valence-electron chi connectivity index (χ2n) is 4.15. The van der Waals surface area contributed by atoms with E-state index in [0.29, 0.717) is 29.6 Å². The van der Waals surface area contributed by atoms with E-state index in [-0.39, 0.29) is 5.91 Å². The molecule has 0 aromatic carbocycles. The number of amides is 1. The van der Waals surface area contributed by atoms with Crippen molar-refractivity contribution >= 4 is 23.3 Å². The van der Waals surface area contributed by atoms with Crippen LogP contribution in [-0.4, -0.2) is 33.5 Å². The molecule has 0 aliphatic heterocycles. The Labute approximate surface area is 122 Å². The topological polar surface area (TPSA) is 71.8 Å². The number of nitrogens with one attached hydrogen (secondary N) is 2. The Morgan fingerprint density at radius 1 is 1.45 bits per heavy atom. The second-order valence-corrected chi connectivity index (χ2v) is 4.54. The molecular weight excluding hydrogens is 278 g/mol. The Morgan fingerprint density at radius 2 is 2.30 bits per heavy atom. The number of pyridine rings is 1. The molecule has 0 spiro atoms. The van der Waals surface area contributed by atoms with E-state index in [1.165, 1.54) is 0 Å². The average Bonchev–Trinajstić information content (AvgIpc) is 2.91. The number of hydrogen-bond acceptors (Lipinski definition) is 4. The Bertz CT molecular complexity index is 570. The summed E-state index contributed by atoms with van der Waals surface area (Å²) >= 11 is 5.90. The van der Waals surface area contributed by atoms with Gasteiger partial charge in [-0.3, -0.25) is 4.79 Å². The third kappa shape index (κ3) is 3.96. The van der Waals surface area contributed by atoms with Crippen LogP contribution in [-0.2, 0) is 6.54 Å². The number of imidazole rings is 1. The van der Waals surface area contributed by atoms with Crippen molar-refractivity contribution in [1.29, 1.82) is 0 Å². The van der Waals surface area contributed by atoms with Crippen molar-refractivity contribution in [3.63, 3.8) is 0 Å². The molecule has 0 aliphatic rings. The fraction of sp³-hybridized carbons (Fsp3) is 0.308. The molecule has 2 heterocycles. The van der Waals surface area contributed by atoms with E-state index in [4.69, 9.17) is 11.6 Å². The molecule has 1 amide bonds. The molecule has 0 atom stereocenters. The quantitative estimate of drug-likeness (QED) is 0.797. The zero-order chi connectivity index (χ0) is 14.4. The van der Waals surface area contributed by atoms with E-state index in [1.54, 1.807) is 24.7 Å². The number of anilines is 1. The van der Waals surface area contributed by atoms with Crippen molar-refractivity contribution in [2.75, 3.05) is 18.4 Å². The highest BCUT2D eigenvalue weighted by molar-refractivity contribution is 6.29. The summed E-state index contributed by atoms with van der Waals surface area (Å²) in [7, 11) is 0. The molecule has 106 valence electrons. The van der Waals surface area contributed by atoms with Crippen LogP contribution in [0.15, 0.2) is 30.9 Å². The summed E-state index contributed by atoms with van der Waals surface area (Å²) in [6, 6.07) is 3.23. The van der Waals surface area contributed by atoms with Crippen molar-refractivity contribution in [1.82, 2.24) is 19.9 Å². The van der Waals surface area contributed by atoms with Crippen molar-refractivity contribution < 1.29 is 4.79 Å². The van der Waals surface area contributed by atoms with E-state index in [2.05, 4.69) is 20.6 Å². The molecule has 0 radical (unpaired) electrons. The molecule has 20 heavy (non-hydrogen) atoms. The van der Waals surface area contributed by atoms with Crippen molar-refractivity contribution in [3.05, 3.63) is 41.6 Å². The first-order chi connectivity index (χ1) is 9.69. The summed E-state index contributed by atoms with van der Waals surface area (Å²) in [5, 5.41) is 6.16. The Hall–Kier alpha value is -2.08. The minimum absolute atomic E-state index is 0.173. The number of hydrogen-bond donors (Lipinski definition) is 2. The molecule has 0 aliphatic carbocycles. The highest BCUT2D eigenvalue weighted by Gasteiger charge is 2.08. The number of nitrogens with zero attached hydrogens (tertiary/aromatic N) is 3. The first-order valence-corrected chi connectivity index (χ1v) is 6.72. The lowest BCUT2D eigenvalue weighted by molar-refractivity contribution is 0.0952. The number of aromatic nitrogens is 3. The maximum atomic E-state index is 12.0. The van der Waals surface area contributed by atoms with Gasteiger partial charge in [-0.15, -0.1) is 0 Å². The van der Waals surface area contributed by atoms with E-state index in [9.17, 15) is 4.79 Å². The van der Waals surface area contributed by atoms with Crippen molar-refractivity contribution in [3.8, 4) is 0 Å². The predicted molar refractivity (Wildman–Crippen MR) is 78.0 cm³/mol. The summed E-state index contributed by atoms with van der Waals surface area (Å²) < 4.78 is 1.89. The predicted octanol–water partition coefficient (Wildman–Crippen LogP) is 1.79. The van der Waals surface area contributed by atoms with Crippen LogP contribution in [0.1, 0.15) is 17.3 Å². The van der Waals surface area contributed by atoms with Gasteiger partial charge in [0, 0.05) is 37.6 Å². The van der Waals surface area contributed by atoms with Crippen molar-refractivity contribution in [2.24, 2.45) is 0 Å². The Kier molecular flexibility index (Phi) is 4.95. The van der Waals surface area contributed by atoms with Gasteiger partial charge in [0.2, 0.25) is 0 Å². The molecule has 2 N–H and O–H groups in total. The first-order valence-electron chi connectivity index (χ1n) is 6.34. The normalized spacial score (nSPS) is 10.3. The molecule has 2 rings (SSSR count). The first kappa shape index (κ1) is 14.3. The fourth-order valence-electron chi connectivity index (χ4n) is 1.72. The van der Waals surface area contributed by atoms with Gasteiger partial charge in [0.25, 0.3) is 5.91 Å². The van der Waals surface area contributed by atoms with Crippen LogP contribution in [0.2, 0.25) is 5.15 Å². The van der Waals surface area contributed by atoms with Gasteiger partial charge >= 0.3 is 0 Å². The van der Waals surface area contributed by atoms with Gasteiger partial charge < -0.3 is 15.2 Å². The SMILES string of the molecule is CCNc1cc(C(=O)NCCn2ccnc2)cc(Cl)n1. The summed E-state index contributed by atoms with van der Waals surface area (Å²) in [5.74, 6) is 0.424. The lowest BCUT2D eigenvalue weighted by atomic mass is 10.2. The van der Waals surface area contributed by atoms with Gasteiger partial charge in [-0.25, -0.2) is 9.97 Å². The zero-order valence-corrected chi connectivity index (χ0v) is 11.9. The van der Waals surface area contributed by atoms with E-state index in [1.807, 2.05) is 17.7 Å². The van der Waals surface area contributed by atoms with Crippen LogP contribution < -0.4 is 10.6 Å². The molecule has 0 saturated carbocycles. The standard InChI is InChI=1S/C13H16ClN5O/c1-2-16-12-8-10(7-11(14)18-12)13(20)17-4-6-19-5-3-15-9-19/h3,5,7-9H,2,4,6H2,1H3,(H,16,18)(H,17,20). The van der Waals surface area contributed by atoms with Crippen LogP contribution in [0.3, 0.4) is 0 Å². The average molecular weight is 294 g/mol. The Balaban J connectivity index is 1.94. The Morgan fingerprint density at radius 3 is 3.00 bits per heavy atom. The fourth-order valence-corrected chi connectivity index (χ4v) is 1.93. The van der Waals surface area contributed by atoms with Gasteiger partial charge in [0.05, 0.1) is 6.33 Å². The minimum Gasteiger partial charge on any atom is -0.370 e. The van der Waals surface area contributed by atoms with Crippen LogP contribution in [0.4, 0.5) is 5.82 Å². The smallest absolute Gasteiger partial charge is 0.251 e. The van der Waals surface area contributed by atoms with Gasteiger partial charge in [-0.05, 0) is 19.1 Å². The van der Waals surface area contributed by atoms with Crippen LogP contribution in [0.25, 0.3) is 0 Å². The summed E-state index contributed by atoms with van der Waals surface area (Å²) in [4.78, 5) is 20.1. The lowest BCUT2D eigenvalue weighted by Gasteiger charge is -2.08. The molecule has 2 aromatic rings. The zero-order valence-electron chi connectivity index (χ0n) is 11.1. The van der Waals surface area contributed by atoms with Crippen LogP contribution in [0, 0.1) is 0 Å². The van der Waals surface area contributed by atoms with E-state index >= 15 is 0 Å². The molecule has 0 fully saturated rings. The van der Waals surface area contributed by atoms with Crippen molar-refractivity contribution in [2.45, 2.75) is 13.5 Å². The number of halogens is 1. The van der Waals surface area contributed by atoms with E-state index in [0.717, 1.165) is 6.54 Å². The maximum Gasteiger partial charge on any atom is 0.251 e. The van der Waals surface area contributed by atoms with E-state index < -0.39 is 0 Å². The van der Waals surface area contributed by atoms with Gasteiger partial charge in [0.1, 0.15) is 11.0 Å². The minimum atomic E-state index is -0.173. The third-order valence-corrected chi connectivity index (χ3v) is 2.82. The summed E-state index contributed by atoms with van der Waals surface area (Å²) in [6.45, 7) is 3.86. The molecule has 2 aromatic heterocycles. The van der Waals surface area contributed by atoms with Gasteiger partial charge in [-0.1, -0.05) is 11.6 Å². The number of rotatable bonds is 6. The summed E-state index contributed by atoms with van der Waals surface area (Å²) in [6.07, 6.45) is 5.25. The molecule has 0 saturated heterocycles. The highest BCUT2D eigenvalue weighted by atomic mass is 35.5. The number of carbonyl (C=O) groups is 1. The van der Waals surface area contributed by atoms with Crippen LogP contribution in [0.5, 0.6) is 0 Å². The third-order valence-electron chi connectivity index (χ3n) is 2.63. The maximum absolute atomic E-state index is 12.0. The van der Waals surface area contributed by atoms with Gasteiger partial charge in [-0.2, -0.15) is 0 Å². The van der Waals surface area contributed by atoms with Gasteiger partial charge in [0.15, 0.2) is 0 Å². The number of carbonyl (C=O) groups excluding carboxylic acids is 1. The lowest BCUT2D eigenvalue weighted by Crippen LogP contribution is -2.27. The highest BCUT2D eigenvalue weighted by Crippen LogP contribution is 2.14. The molecule has 6 nitrogen and oxygen atoms in total. The second kappa shape index (κ2) is 6.91. The molecule has 0 bridgehead atoms. The molecule has 7 heteroatoms. The monoisotopic (exact) mass is 293 g/mol. The summed E-state index contributed by atoms with van der Waals surface area (Å²) in [5.41, 5.74) is 0.492. The molecular formula is C13H16ClN5O. The largest absolute Gasteiger partial charge is 0.370 e. The molecule has 0 unspecified atom stereocenters.